The number of nitrogens with zero attached hydrogens (tertiary/aromatic N) is 1. The number of unbranched alkanes of at least 4 members (excludes halogenated alkanes) is 16. The van der Waals surface area contributed by atoms with Gasteiger partial charge in [0.05, 0.1) is 13.2 Å². The zero-order valence-electron chi connectivity index (χ0n) is 32.4. The minimum atomic E-state index is -3.40. The number of rotatable bonds is 38. The first-order valence-corrected chi connectivity index (χ1v) is 22.4. The van der Waals surface area contributed by atoms with Crippen molar-refractivity contribution in [2.75, 3.05) is 39.4 Å². The molecule has 0 spiro atoms. The van der Waals surface area contributed by atoms with Crippen LogP contribution in [0.4, 0.5) is 0 Å². The Labute approximate surface area is 290 Å². The van der Waals surface area contributed by atoms with E-state index in [1.807, 2.05) is 0 Å². The Kier molecular flexibility index (Phi) is 35.0. The molecule has 0 aliphatic heterocycles. The molecule has 0 aromatic rings. The van der Waals surface area contributed by atoms with Gasteiger partial charge in [0.1, 0.15) is 0 Å². The van der Waals surface area contributed by atoms with Crippen molar-refractivity contribution in [1.29, 1.82) is 0 Å². The smallest absolute Gasteiger partial charge is 0.302 e. The molecule has 0 aliphatic carbocycles. The second-order valence-electron chi connectivity index (χ2n) is 14.4. The number of hydrogen-bond acceptors (Lipinski definition) is 4. The summed E-state index contributed by atoms with van der Waals surface area (Å²) in [6.45, 7) is 18.4. The van der Waals surface area contributed by atoms with Gasteiger partial charge in [0.2, 0.25) is 0 Å². The van der Waals surface area contributed by atoms with Gasteiger partial charge in [-0.05, 0) is 63.5 Å². The van der Waals surface area contributed by atoms with Gasteiger partial charge in [0.15, 0.2) is 0 Å². The van der Waals surface area contributed by atoms with Gasteiger partial charge in [-0.1, -0.05) is 170 Å². The summed E-state index contributed by atoms with van der Waals surface area (Å²) in [7, 11) is -3.40. The molecule has 6 heteroatoms. The third kappa shape index (κ3) is 29.0. The summed E-state index contributed by atoms with van der Waals surface area (Å²) < 4.78 is 27.2. The lowest BCUT2D eigenvalue weighted by atomic mass is 9.95. The van der Waals surface area contributed by atoms with Crippen molar-refractivity contribution in [2.45, 2.75) is 208 Å². The minimum Gasteiger partial charge on any atom is -0.302 e. The minimum absolute atomic E-state index is 0.464. The zero-order chi connectivity index (χ0) is 34.0. The normalized spacial score (nSPS) is 14.6. The van der Waals surface area contributed by atoms with E-state index in [1.165, 1.54) is 154 Å². The molecule has 5 nitrogen and oxygen atoms in total. The first-order chi connectivity index (χ1) is 22.5. The second kappa shape index (κ2) is 34.9. The lowest BCUT2D eigenvalue weighted by Crippen LogP contribution is -2.33. The summed E-state index contributed by atoms with van der Waals surface area (Å²) in [6.07, 6.45) is 33.0. The van der Waals surface area contributed by atoms with E-state index in [-0.39, 0.29) is 0 Å². The van der Waals surface area contributed by atoms with E-state index in [4.69, 9.17) is 9.05 Å². The third-order valence-electron chi connectivity index (χ3n) is 9.64. The Morgan fingerprint density at radius 3 is 1.13 bits per heavy atom. The van der Waals surface area contributed by atoms with Gasteiger partial charge >= 0.3 is 7.75 Å². The summed E-state index contributed by atoms with van der Waals surface area (Å²) in [5.41, 5.74) is 0. The molecule has 278 valence electrons. The molecule has 1 N–H and O–H groups in total. The van der Waals surface area contributed by atoms with Crippen LogP contribution in [0.5, 0.6) is 0 Å². The highest BCUT2D eigenvalue weighted by molar-refractivity contribution is 7.51. The van der Waals surface area contributed by atoms with Crippen LogP contribution in [0.25, 0.3) is 0 Å². The lowest BCUT2D eigenvalue weighted by Gasteiger charge is -2.27. The standard InChI is InChI=1S/C40H85N2O3P/c1-7-13-17-21-23-27-31-39(29-25-19-15-9-3)37-44-46(43,41-33-36-42(34-11-5)35-12-6)45-38-40(30-26-20-16-10-4)32-28-24-22-18-14-8-2/h39-40H,7-38H2,1-6H3,(H,41,43). The van der Waals surface area contributed by atoms with Crippen molar-refractivity contribution in [3.05, 3.63) is 0 Å². The Bertz CT molecular complexity index is 604. The number of hydrogen-bond donors (Lipinski definition) is 1. The fourth-order valence-corrected chi connectivity index (χ4v) is 8.06. The summed E-state index contributed by atoms with van der Waals surface area (Å²) in [5, 5.41) is 3.36. The van der Waals surface area contributed by atoms with Crippen LogP contribution in [0.1, 0.15) is 208 Å². The largest absolute Gasteiger partial charge is 0.405 e. The SMILES string of the molecule is CCCCCCCCC(CCCCCC)COP(=O)(NCCN(CCC)CCC)OCC(CCCCCC)CCCCCCCC. The third-order valence-corrected chi connectivity index (χ3v) is 11.2. The van der Waals surface area contributed by atoms with Gasteiger partial charge in [-0.25, -0.2) is 9.65 Å². The maximum atomic E-state index is 14.4. The van der Waals surface area contributed by atoms with Crippen molar-refractivity contribution >= 4 is 7.75 Å². The molecule has 0 fully saturated rings. The van der Waals surface area contributed by atoms with E-state index in [2.05, 4.69) is 51.5 Å². The summed E-state index contributed by atoms with van der Waals surface area (Å²) >= 11 is 0. The van der Waals surface area contributed by atoms with Crippen LogP contribution < -0.4 is 5.09 Å². The van der Waals surface area contributed by atoms with E-state index in [0.29, 0.717) is 31.6 Å². The average Bonchev–Trinajstić information content (AvgIpc) is 3.05. The monoisotopic (exact) mass is 673 g/mol. The van der Waals surface area contributed by atoms with Gasteiger partial charge < -0.3 is 4.90 Å². The maximum absolute atomic E-state index is 14.4. The predicted octanol–water partition coefficient (Wildman–Crippen LogP) is 13.5. The summed E-state index contributed by atoms with van der Waals surface area (Å²) in [5.74, 6) is 0.929. The van der Waals surface area contributed by atoms with Crippen LogP contribution in [-0.2, 0) is 13.6 Å². The first-order valence-electron chi connectivity index (χ1n) is 20.8. The van der Waals surface area contributed by atoms with Crippen LogP contribution in [0.2, 0.25) is 0 Å². The lowest BCUT2D eigenvalue weighted by molar-refractivity contribution is 0.139. The number of nitrogens with one attached hydrogen (secondary N) is 1. The quantitative estimate of drug-likeness (QED) is 0.0522. The molecule has 0 amide bonds. The van der Waals surface area contributed by atoms with Crippen LogP contribution in [0.15, 0.2) is 0 Å². The second-order valence-corrected chi connectivity index (χ2v) is 16.2. The topological polar surface area (TPSA) is 50.8 Å². The molecule has 0 radical (unpaired) electrons. The predicted molar refractivity (Wildman–Crippen MR) is 205 cm³/mol. The van der Waals surface area contributed by atoms with Gasteiger partial charge in [-0.15, -0.1) is 0 Å². The zero-order valence-corrected chi connectivity index (χ0v) is 33.3. The molecule has 2 atom stereocenters. The van der Waals surface area contributed by atoms with E-state index in [0.717, 1.165) is 32.5 Å². The van der Waals surface area contributed by atoms with Crippen molar-refractivity contribution in [1.82, 2.24) is 9.99 Å². The Balaban J connectivity index is 5.43. The van der Waals surface area contributed by atoms with Gasteiger partial charge in [-0.3, -0.25) is 9.05 Å². The Hall–Kier alpha value is 0.0700. The Morgan fingerprint density at radius 2 is 0.783 bits per heavy atom. The molecule has 0 aliphatic rings. The molecular formula is C40H85N2O3P. The van der Waals surface area contributed by atoms with Crippen molar-refractivity contribution in [2.24, 2.45) is 11.8 Å². The molecule has 0 aromatic carbocycles. The molecule has 0 bridgehead atoms. The summed E-state index contributed by atoms with van der Waals surface area (Å²) in [6, 6.07) is 0. The maximum Gasteiger partial charge on any atom is 0.405 e. The molecule has 0 saturated carbocycles. The van der Waals surface area contributed by atoms with Crippen molar-refractivity contribution in [3.8, 4) is 0 Å². The van der Waals surface area contributed by atoms with Gasteiger partial charge in [0.25, 0.3) is 0 Å². The fraction of sp³-hybridized carbons (Fsp3) is 1.00. The van der Waals surface area contributed by atoms with E-state index in [9.17, 15) is 4.57 Å². The van der Waals surface area contributed by atoms with Crippen molar-refractivity contribution in [3.63, 3.8) is 0 Å². The highest BCUT2D eigenvalue weighted by Gasteiger charge is 2.28. The van der Waals surface area contributed by atoms with E-state index in [1.54, 1.807) is 0 Å². The van der Waals surface area contributed by atoms with Crippen LogP contribution in [-0.4, -0.2) is 44.3 Å². The van der Waals surface area contributed by atoms with E-state index < -0.39 is 7.75 Å². The highest BCUT2D eigenvalue weighted by atomic mass is 31.2. The molecule has 0 rings (SSSR count). The average molecular weight is 673 g/mol. The summed E-state index contributed by atoms with van der Waals surface area (Å²) in [4.78, 5) is 2.47. The van der Waals surface area contributed by atoms with Crippen LogP contribution >= 0.6 is 7.75 Å². The van der Waals surface area contributed by atoms with Gasteiger partial charge in [-0.2, -0.15) is 0 Å². The van der Waals surface area contributed by atoms with E-state index >= 15 is 0 Å². The molecular weight excluding hydrogens is 587 g/mol. The molecule has 0 saturated heterocycles. The molecule has 2 unspecified atom stereocenters. The molecule has 0 heterocycles. The Morgan fingerprint density at radius 1 is 0.457 bits per heavy atom. The highest BCUT2D eigenvalue weighted by Crippen LogP contribution is 2.45. The fourth-order valence-electron chi connectivity index (χ4n) is 6.62. The van der Waals surface area contributed by atoms with Gasteiger partial charge in [0, 0.05) is 13.1 Å². The molecule has 46 heavy (non-hydrogen) atoms. The molecule has 0 aromatic heterocycles. The van der Waals surface area contributed by atoms with Crippen molar-refractivity contribution < 1.29 is 13.6 Å². The first kappa shape index (κ1) is 46.1. The van der Waals surface area contributed by atoms with Crippen LogP contribution in [0, 0.1) is 11.8 Å². The van der Waals surface area contributed by atoms with Crippen LogP contribution in [0.3, 0.4) is 0 Å².